The minimum Gasteiger partial charge on any atom is -0.355 e. The van der Waals surface area contributed by atoms with E-state index in [9.17, 15) is 22.6 Å². The van der Waals surface area contributed by atoms with Crippen LogP contribution >= 0.6 is 11.3 Å². The first-order valence-corrected chi connectivity index (χ1v) is 18.8. The molecule has 0 bridgehead atoms. The number of alkyl halides is 3. The van der Waals surface area contributed by atoms with E-state index < -0.39 is 23.8 Å². The molecule has 0 radical (unpaired) electrons. The quantitative estimate of drug-likeness (QED) is 0.268. The van der Waals surface area contributed by atoms with E-state index in [-0.39, 0.29) is 10.3 Å². The molecule has 15 heteroatoms. The van der Waals surface area contributed by atoms with Crippen LogP contribution in [0.3, 0.4) is 0 Å². The lowest BCUT2D eigenvalue weighted by atomic mass is 9.86. The van der Waals surface area contributed by atoms with Gasteiger partial charge in [0.2, 0.25) is 0 Å². The first-order chi connectivity index (χ1) is 23.4. The maximum Gasteiger partial charge on any atom is 0.393 e. The molecular weight excluding hydrogens is 672 g/mol. The van der Waals surface area contributed by atoms with Crippen LogP contribution in [-0.2, 0) is 30.7 Å². The predicted molar refractivity (Wildman–Crippen MR) is 188 cm³/mol. The number of hydrogen-bond acceptors (Lipinski definition) is 8. The van der Waals surface area contributed by atoms with Crippen LogP contribution in [0.4, 0.5) is 19.0 Å². The molecule has 0 saturated carbocycles. The van der Waals surface area contributed by atoms with Crippen LogP contribution in [0.2, 0.25) is 0 Å². The molecule has 1 aromatic carbocycles. The molecule has 0 aliphatic carbocycles. The van der Waals surface area contributed by atoms with Crippen molar-refractivity contribution in [1.29, 1.82) is 5.26 Å². The van der Waals surface area contributed by atoms with E-state index >= 15 is 0 Å². The summed E-state index contributed by atoms with van der Waals surface area (Å²) in [5.74, 6) is 1.34. The number of likely N-dealkylation sites (tertiary alicyclic amines) is 1. The second-order valence-corrected chi connectivity index (χ2v) is 16.3. The van der Waals surface area contributed by atoms with Crippen LogP contribution in [0.5, 0.6) is 0 Å². The second kappa shape index (κ2) is 13.5. The molecule has 49 heavy (non-hydrogen) atoms. The summed E-state index contributed by atoms with van der Waals surface area (Å²) >= 11 is -0.0303. The second-order valence-electron chi connectivity index (χ2n) is 13.7. The number of aromatic nitrogens is 3. The van der Waals surface area contributed by atoms with Crippen molar-refractivity contribution < 1.29 is 17.4 Å². The van der Waals surface area contributed by atoms with Crippen molar-refractivity contribution in [3.05, 3.63) is 51.8 Å². The Labute approximate surface area is 291 Å². The summed E-state index contributed by atoms with van der Waals surface area (Å²) < 4.78 is 58.4. The lowest BCUT2D eigenvalue weighted by Crippen LogP contribution is -2.49. The molecule has 4 aromatic rings. The van der Waals surface area contributed by atoms with Gasteiger partial charge < -0.3 is 9.47 Å². The number of piperazine rings is 1. The normalized spacial score (nSPS) is 21.9. The van der Waals surface area contributed by atoms with Crippen LogP contribution < -0.4 is 9.62 Å². The highest BCUT2D eigenvalue weighted by molar-refractivity contribution is 7.80. The average molecular weight is 714 g/mol. The number of nitriles is 1. The van der Waals surface area contributed by atoms with Gasteiger partial charge >= 0.3 is 6.18 Å². The van der Waals surface area contributed by atoms with Crippen molar-refractivity contribution in [2.45, 2.75) is 52.4 Å². The molecular formula is C34H42F3N9OS2. The van der Waals surface area contributed by atoms with Gasteiger partial charge in [0.15, 0.2) is 11.2 Å². The number of fused-ring (bicyclic) bond motifs is 2. The minimum atomic E-state index is -4.26. The number of benzene rings is 1. The summed E-state index contributed by atoms with van der Waals surface area (Å²) in [4.78, 5) is 17.2. The topological polar surface area (TPSA) is 96.6 Å². The summed E-state index contributed by atoms with van der Waals surface area (Å²) in [6, 6.07) is 10.4. The fraction of sp³-hybridized carbons (Fsp3) is 0.559. The molecule has 262 valence electrons. The van der Waals surface area contributed by atoms with Gasteiger partial charge in [0.1, 0.15) is 28.2 Å². The van der Waals surface area contributed by atoms with Gasteiger partial charge in [0, 0.05) is 86.6 Å². The Bertz CT molecular complexity index is 1930. The van der Waals surface area contributed by atoms with Gasteiger partial charge in [-0.2, -0.15) is 18.4 Å². The number of aryl methyl sites for hydroxylation is 2. The Balaban J connectivity index is 1.02. The van der Waals surface area contributed by atoms with E-state index in [2.05, 4.69) is 54.1 Å². The van der Waals surface area contributed by atoms with Gasteiger partial charge in [-0.25, -0.2) is 23.2 Å². The highest BCUT2D eigenvalue weighted by Gasteiger charge is 2.44. The third-order valence-corrected chi connectivity index (χ3v) is 12.7. The first kappa shape index (κ1) is 34.3. The van der Waals surface area contributed by atoms with E-state index in [0.717, 1.165) is 118 Å². The zero-order chi connectivity index (χ0) is 34.5. The van der Waals surface area contributed by atoms with E-state index in [0.29, 0.717) is 16.3 Å². The largest absolute Gasteiger partial charge is 0.393 e. The molecule has 1 spiro atoms. The van der Waals surface area contributed by atoms with Crippen LogP contribution in [-0.4, -0.2) is 105 Å². The molecule has 1 N–H and O–H groups in total. The number of hydrogen-bond donors (Lipinski definition) is 1. The van der Waals surface area contributed by atoms with E-state index in [1.165, 1.54) is 11.1 Å². The monoisotopic (exact) mass is 713 g/mol. The molecule has 10 nitrogen and oxygen atoms in total. The number of thiophene rings is 1. The number of anilines is 1. The highest BCUT2D eigenvalue weighted by Crippen LogP contribution is 2.44. The van der Waals surface area contributed by atoms with Gasteiger partial charge in [-0.15, -0.1) is 11.3 Å². The molecule has 7 rings (SSSR count). The fourth-order valence-corrected chi connectivity index (χ4v) is 9.81. The van der Waals surface area contributed by atoms with Crippen LogP contribution in [0, 0.1) is 30.6 Å². The highest BCUT2D eigenvalue weighted by atomic mass is 32.2. The van der Waals surface area contributed by atoms with Crippen molar-refractivity contribution in [3.63, 3.8) is 0 Å². The minimum absolute atomic E-state index is 0.110. The maximum atomic E-state index is 13.1. The van der Waals surface area contributed by atoms with Crippen LogP contribution in [0.1, 0.15) is 40.4 Å². The molecule has 6 heterocycles. The molecule has 0 amide bonds. The van der Waals surface area contributed by atoms with E-state index in [1.807, 2.05) is 10.4 Å². The number of halogens is 3. The Morgan fingerprint density at radius 2 is 1.78 bits per heavy atom. The summed E-state index contributed by atoms with van der Waals surface area (Å²) in [5.41, 5.74) is 4.32. The first-order valence-electron chi connectivity index (χ1n) is 16.8. The molecule has 2 unspecified atom stereocenters. The SMILES string of the molecule is CNS(=O)N1CCN(CCn2c(C#N)cc3c(C)c(CN4CCC5(CCN(c6nc(C)nc7sc(CC(F)(F)F)cc67)C5)C4)ccc32)CC1. The summed E-state index contributed by atoms with van der Waals surface area (Å²) in [6.07, 6.45) is -3.12. The molecule has 2 atom stereocenters. The van der Waals surface area contributed by atoms with Crippen molar-refractivity contribution in [2.24, 2.45) is 5.41 Å². The summed E-state index contributed by atoms with van der Waals surface area (Å²) in [5, 5.41) is 11.9. The summed E-state index contributed by atoms with van der Waals surface area (Å²) in [7, 11) is 1.71. The summed E-state index contributed by atoms with van der Waals surface area (Å²) in [6.45, 7) is 13.1. The molecule has 3 aliphatic rings. The number of rotatable bonds is 9. The van der Waals surface area contributed by atoms with E-state index in [4.69, 9.17) is 4.98 Å². The van der Waals surface area contributed by atoms with Gasteiger partial charge in [-0.05, 0) is 69.6 Å². The Hall–Kier alpha value is -3.13. The fourth-order valence-electron chi connectivity index (χ4n) is 7.95. The van der Waals surface area contributed by atoms with Crippen LogP contribution in [0.25, 0.3) is 21.1 Å². The zero-order valence-electron chi connectivity index (χ0n) is 28.1. The predicted octanol–water partition coefficient (Wildman–Crippen LogP) is 4.76. The van der Waals surface area contributed by atoms with Crippen molar-refractivity contribution in [3.8, 4) is 6.07 Å². The van der Waals surface area contributed by atoms with Crippen molar-refractivity contribution >= 4 is 49.4 Å². The number of nitrogens with zero attached hydrogens (tertiary/aromatic N) is 8. The number of nitrogens with one attached hydrogen (secondary N) is 1. The third-order valence-electron chi connectivity index (χ3n) is 10.5. The third kappa shape index (κ3) is 7.09. The molecule has 3 aromatic heterocycles. The lowest BCUT2D eigenvalue weighted by molar-refractivity contribution is -0.126. The maximum absolute atomic E-state index is 13.1. The van der Waals surface area contributed by atoms with Gasteiger partial charge in [0.05, 0.1) is 11.8 Å². The Morgan fingerprint density at radius 3 is 2.51 bits per heavy atom. The van der Waals surface area contributed by atoms with Crippen molar-refractivity contribution in [2.75, 3.05) is 70.9 Å². The smallest absolute Gasteiger partial charge is 0.355 e. The van der Waals surface area contributed by atoms with Crippen LogP contribution in [0.15, 0.2) is 24.3 Å². The van der Waals surface area contributed by atoms with Gasteiger partial charge in [-0.3, -0.25) is 9.80 Å². The lowest BCUT2D eigenvalue weighted by Gasteiger charge is -2.33. The zero-order valence-corrected chi connectivity index (χ0v) is 29.8. The van der Waals surface area contributed by atoms with Gasteiger partial charge in [0.25, 0.3) is 0 Å². The average Bonchev–Trinajstić information content (AvgIpc) is 3.85. The standard InChI is InChI=1S/C34H42F3N9OS2/c1-23-25(4-5-30-28(23)16-26(19-38)46(30)15-12-42-10-13-45(14-11-42)49(47)39-3)20-43-8-6-33(21-43)7-9-44(22-33)31-29-17-27(18-34(35,36)37)48-32(29)41-24(2)40-31/h4-5,16-17,39H,6-15,18,20-22H2,1-3H3. The molecule has 3 aliphatic heterocycles. The Morgan fingerprint density at radius 1 is 1.00 bits per heavy atom. The van der Waals surface area contributed by atoms with Gasteiger partial charge in [-0.1, -0.05) is 6.07 Å². The molecule has 3 saturated heterocycles. The Kier molecular flexibility index (Phi) is 9.48. The molecule has 3 fully saturated rings. The van der Waals surface area contributed by atoms with Crippen molar-refractivity contribution in [1.82, 2.24) is 33.4 Å². The van der Waals surface area contributed by atoms with E-state index in [1.54, 1.807) is 20.0 Å².